The van der Waals surface area contributed by atoms with Crippen molar-refractivity contribution in [3.8, 4) is 11.6 Å². The van der Waals surface area contributed by atoms with Crippen LogP contribution >= 0.6 is 23.2 Å². The van der Waals surface area contributed by atoms with Crippen LogP contribution in [0.4, 0.5) is 5.69 Å². The van der Waals surface area contributed by atoms with Crippen molar-refractivity contribution >= 4 is 28.9 Å². The quantitative estimate of drug-likeness (QED) is 0.461. The van der Waals surface area contributed by atoms with Crippen LogP contribution in [-0.2, 0) is 6.42 Å². The molecule has 0 aliphatic rings. The van der Waals surface area contributed by atoms with Gasteiger partial charge in [0.1, 0.15) is 11.5 Å². The Labute approximate surface area is 130 Å². The summed E-state index contributed by atoms with van der Waals surface area (Å²) < 4.78 is 5.55. The van der Waals surface area contributed by atoms with E-state index >= 15 is 0 Å². The van der Waals surface area contributed by atoms with Crippen molar-refractivity contribution in [2.75, 3.05) is 0 Å². The smallest absolute Gasteiger partial charge is 0.313 e. The number of hydrogen-bond donors (Lipinski definition) is 0. The van der Waals surface area contributed by atoms with E-state index < -0.39 is 4.92 Å². The summed E-state index contributed by atoms with van der Waals surface area (Å²) in [6, 6.07) is 4.15. The maximum absolute atomic E-state index is 11.0. The second kappa shape index (κ2) is 6.69. The van der Waals surface area contributed by atoms with Gasteiger partial charge in [-0.1, -0.05) is 36.5 Å². The third-order valence-electron chi connectivity index (χ3n) is 2.68. The minimum absolute atomic E-state index is 0.0523. The Morgan fingerprint density at radius 3 is 2.76 bits per heavy atom. The lowest BCUT2D eigenvalue weighted by molar-refractivity contribution is -0.385. The molecule has 8 heteroatoms. The van der Waals surface area contributed by atoms with E-state index in [1.807, 2.05) is 6.92 Å². The molecule has 1 aromatic carbocycles. The standard InChI is InChI=1S/C13H11Cl2N3O3/c1-2-3-9-12(15)16-7-17-13(9)21-11-5-4-8(14)6-10(11)18(19)20/h4-7H,2-3H2,1H3. The van der Waals surface area contributed by atoms with Crippen LogP contribution in [0, 0.1) is 10.1 Å². The van der Waals surface area contributed by atoms with Crippen LogP contribution < -0.4 is 4.74 Å². The van der Waals surface area contributed by atoms with Gasteiger partial charge in [0.15, 0.2) is 0 Å². The van der Waals surface area contributed by atoms with Gasteiger partial charge in [0, 0.05) is 11.1 Å². The summed E-state index contributed by atoms with van der Waals surface area (Å²) in [7, 11) is 0. The number of halogens is 2. The average molecular weight is 328 g/mol. The predicted molar refractivity (Wildman–Crippen MR) is 79.2 cm³/mol. The van der Waals surface area contributed by atoms with Crippen LogP contribution in [0.5, 0.6) is 11.6 Å². The third-order valence-corrected chi connectivity index (χ3v) is 3.24. The van der Waals surface area contributed by atoms with Crippen molar-refractivity contribution in [3.05, 3.63) is 50.4 Å². The molecule has 0 spiro atoms. The first-order chi connectivity index (χ1) is 10.0. The maximum atomic E-state index is 11.0. The number of rotatable bonds is 5. The fourth-order valence-corrected chi connectivity index (χ4v) is 2.13. The van der Waals surface area contributed by atoms with Crippen LogP contribution in [0.1, 0.15) is 18.9 Å². The van der Waals surface area contributed by atoms with Gasteiger partial charge in [-0.05, 0) is 18.6 Å². The molecule has 110 valence electrons. The molecule has 2 aromatic rings. The molecular weight excluding hydrogens is 317 g/mol. The Kier molecular flexibility index (Phi) is 4.93. The molecule has 2 rings (SSSR count). The van der Waals surface area contributed by atoms with Crippen molar-refractivity contribution in [1.29, 1.82) is 0 Å². The van der Waals surface area contributed by atoms with Gasteiger partial charge >= 0.3 is 5.69 Å². The highest BCUT2D eigenvalue weighted by Crippen LogP contribution is 2.35. The SMILES string of the molecule is CCCc1c(Cl)ncnc1Oc1ccc(Cl)cc1[N+](=O)[O-]. The van der Waals surface area contributed by atoms with Gasteiger partial charge in [0.05, 0.1) is 10.5 Å². The first-order valence-corrected chi connectivity index (χ1v) is 6.89. The van der Waals surface area contributed by atoms with Gasteiger partial charge in [-0.2, -0.15) is 0 Å². The number of nitrogens with zero attached hydrogens (tertiary/aromatic N) is 3. The zero-order chi connectivity index (χ0) is 15.4. The Bertz CT molecular complexity index is 680. The van der Waals surface area contributed by atoms with Crippen molar-refractivity contribution in [3.63, 3.8) is 0 Å². The topological polar surface area (TPSA) is 78.2 Å². The van der Waals surface area contributed by atoms with Crippen LogP contribution in [0.25, 0.3) is 0 Å². The summed E-state index contributed by atoms with van der Waals surface area (Å²) >= 11 is 11.8. The lowest BCUT2D eigenvalue weighted by Crippen LogP contribution is -2.00. The summed E-state index contributed by atoms with van der Waals surface area (Å²) in [6.45, 7) is 1.97. The predicted octanol–water partition coefficient (Wildman–Crippen LogP) is 4.44. The lowest BCUT2D eigenvalue weighted by Gasteiger charge is -2.10. The van der Waals surface area contributed by atoms with Crippen LogP contribution in [-0.4, -0.2) is 14.9 Å². The molecule has 0 fully saturated rings. The van der Waals surface area contributed by atoms with Gasteiger partial charge in [-0.25, -0.2) is 9.97 Å². The Hall–Kier alpha value is -1.92. The molecule has 0 aliphatic heterocycles. The highest BCUT2D eigenvalue weighted by Gasteiger charge is 2.19. The molecule has 1 aromatic heterocycles. The van der Waals surface area contributed by atoms with Crippen molar-refractivity contribution in [2.24, 2.45) is 0 Å². The normalized spacial score (nSPS) is 10.4. The molecule has 0 aliphatic carbocycles. The van der Waals surface area contributed by atoms with E-state index in [4.69, 9.17) is 27.9 Å². The summed E-state index contributed by atoms with van der Waals surface area (Å²) in [5, 5.41) is 11.6. The van der Waals surface area contributed by atoms with Gasteiger partial charge in [-0.15, -0.1) is 0 Å². The molecule has 0 amide bonds. The fourth-order valence-electron chi connectivity index (χ4n) is 1.75. The largest absolute Gasteiger partial charge is 0.431 e. The van der Waals surface area contributed by atoms with Gasteiger partial charge in [0.25, 0.3) is 0 Å². The number of nitro benzene ring substituents is 1. The second-order valence-electron chi connectivity index (χ2n) is 4.17. The van der Waals surface area contributed by atoms with Gasteiger partial charge in [-0.3, -0.25) is 10.1 Å². The monoisotopic (exact) mass is 327 g/mol. The van der Waals surface area contributed by atoms with Crippen LogP contribution in [0.2, 0.25) is 10.2 Å². The first-order valence-electron chi connectivity index (χ1n) is 6.14. The summed E-state index contributed by atoms with van der Waals surface area (Å²) in [5.41, 5.74) is 0.380. The molecule has 0 saturated heterocycles. The Morgan fingerprint density at radius 1 is 1.33 bits per heavy atom. The van der Waals surface area contributed by atoms with Crippen LogP contribution in [0.3, 0.4) is 0 Å². The van der Waals surface area contributed by atoms with E-state index in [2.05, 4.69) is 9.97 Å². The highest BCUT2D eigenvalue weighted by atomic mass is 35.5. The molecule has 6 nitrogen and oxygen atoms in total. The highest BCUT2D eigenvalue weighted by molar-refractivity contribution is 6.31. The summed E-state index contributed by atoms with van der Waals surface area (Å²) in [5.74, 6) is 0.263. The van der Waals surface area contributed by atoms with E-state index in [-0.39, 0.29) is 27.5 Å². The van der Waals surface area contributed by atoms with E-state index in [1.165, 1.54) is 24.5 Å². The molecule has 0 unspecified atom stereocenters. The number of hydrogen-bond acceptors (Lipinski definition) is 5. The molecular formula is C13H11Cl2N3O3. The molecule has 21 heavy (non-hydrogen) atoms. The fraction of sp³-hybridized carbons (Fsp3) is 0.231. The molecule has 0 N–H and O–H groups in total. The van der Waals surface area contributed by atoms with Crippen molar-refractivity contribution in [2.45, 2.75) is 19.8 Å². The zero-order valence-electron chi connectivity index (χ0n) is 11.0. The molecule has 1 heterocycles. The van der Waals surface area contributed by atoms with E-state index in [0.29, 0.717) is 12.0 Å². The van der Waals surface area contributed by atoms with Gasteiger partial charge < -0.3 is 4.74 Å². The maximum Gasteiger partial charge on any atom is 0.313 e. The minimum Gasteiger partial charge on any atom is -0.431 e. The lowest BCUT2D eigenvalue weighted by atomic mass is 10.2. The number of ether oxygens (including phenoxy) is 1. The Morgan fingerprint density at radius 2 is 2.10 bits per heavy atom. The van der Waals surface area contributed by atoms with Crippen molar-refractivity contribution < 1.29 is 9.66 Å². The van der Waals surface area contributed by atoms with E-state index in [1.54, 1.807) is 0 Å². The first kappa shape index (κ1) is 15.5. The number of nitro groups is 1. The number of benzene rings is 1. The summed E-state index contributed by atoms with van der Waals surface area (Å²) in [6.07, 6.45) is 2.67. The average Bonchev–Trinajstić information content (AvgIpc) is 2.44. The van der Waals surface area contributed by atoms with E-state index in [0.717, 1.165) is 6.42 Å². The number of aromatic nitrogens is 2. The van der Waals surface area contributed by atoms with Crippen LogP contribution in [0.15, 0.2) is 24.5 Å². The molecule has 0 saturated carbocycles. The zero-order valence-corrected chi connectivity index (χ0v) is 12.6. The molecule has 0 radical (unpaired) electrons. The minimum atomic E-state index is -0.566. The van der Waals surface area contributed by atoms with Gasteiger partial charge in [0.2, 0.25) is 11.6 Å². The summed E-state index contributed by atoms with van der Waals surface area (Å²) in [4.78, 5) is 18.4. The Balaban J connectivity index is 2.43. The third kappa shape index (κ3) is 3.59. The molecule has 0 atom stereocenters. The van der Waals surface area contributed by atoms with E-state index in [9.17, 15) is 10.1 Å². The van der Waals surface area contributed by atoms with Crippen molar-refractivity contribution in [1.82, 2.24) is 9.97 Å². The molecule has 0 bridgehead atoms. The second-order valence-corrected chi connectivity index (χ2v) is 4.96.